The van der Waals surface area contributed by atoms with Crippen molar-refractivity contribution in [2.24, 2.45) is 0 Å². The van der Waals surface area contributed by atoms with E-state index in [1.165, 1.54) is 6.07 Å². The molecule has 0 fully saturated rings. The van der Waals surface area contributed by atoms with E-state index in [4.69, 9.17) is 4.74 Å². The molecule has 0 amide bonds. The van der Waals surface area contributed by atoms with Gasteiger partial charge in [0.15, 0.2) is 0 Å². The smallest absolute Gasteiger partial charge is 0.341 e. The van der Waals surface area contributed by atoms with Gasteiger partial charge in [-0.3, -0.25) is 0 Å². The van der Waals surface area contributed by atoms with Gasteiger partial charge in [0.25, 0.3) is 0 Å². The average Bonchev–Trinajstić information content (AvgIpc) is 2.26. The Morgan fingerprint density at radius 1 is 1.40 bits per heavy atom. The van der Waals surface area contributed by atoms with Crippen LogP contribution in [-0.4, -0.2) is 17.7 Å². The van der Waals surface area contributed by atoms with E-state index in [1.807, 2.05) is 13.8 Å². The molecule has 0 aliphatic carbocycles. The number of esters is 1. The van der Waals surface area contributed by atoms with E-state index in [0.717, 1.165) is 18.4 Å². The lowest BCUT2D eigenvalue weighted by atomic mass is 10.1. The van der Waals surface area contributed by atoms with Gasteiger partial charge >= 0.3 is 5.97 Å². The van der Waals surface area contributed by atoms with Gasteiger partial charge in [-0.1, -0.05) is 19.9 Å². The van der Waals surface area contributed by atoms with E-state index in [2.05, 4.69) is 0 Å². The summed E-state index contributed by atoms with van der Waals surface area (Å²) in [6, 6.07) is 5.00. The van der Waals surface area contributed by atoms with Crippen LogP contribution >= 0.6 is 0 Å². The molecule has 3 heteroatoms. The van der Waals surface area contributed by atoms with Crippen LogP contribution in [-0.2, 0) is 11.2 Å². The Kier molecular flexibility index (Phi) is 4.16. The largest absolute Gasteiger partial charge is 0.507 e. The van der Waals surface area contributed by atoms with Gasteiger partial charge in [0.1, 0.15) is 11.3 Å². The second kappa shape index (κ2) is 5.39. The van der Waals surface area contributed by atoms with Gasteiger partial charge in [-0.15, -0.1) is 0 Å². The second-order valence-corrected chi connectivity index (χ2v) is 3.34. The highest BCUT2D eigenvalue weighted by Crippen LogP contribution is 2.19. The summed E-state index contributed by atoms with van der Waals surface area (Å²) in [7, 11) is 0. The molecule has 0 bridgehead atoms. The third-order valence-electron chi connectivity index (χ3n) is 2.13. The van der Waals surface area contributed by atoms with Crippen molar-refractivity contribution < 1.29 is 14.6 Å². The lowest BCUT2D eigenvalue weighted by Gasteiger charge is -2.06. The predicted molar refractivity (Wildman–Crippen MR) is 58.1 cm³/mol. The minimum Gasteiger partial charge on any atom is -0.507 e. The number of phenolic OH excluding ortho intramolecular Hbond substituents is 1. The maximum Gasteiger partial charge on any atom is 0.341 e. The van der Waals surface area contributed by atoms with Crippen molar-refractivity contribution in [1.29, 1.82) is 0 Å². The van der Waals surface area contributed by atoms with Crippen LogP contribution in [0.5, 0.6) is 5.75 Å². The van der Waals surface area contributed by atoms with Crippen LogP contribution in [0.3, 0.4) is 0 Å². The first kappa shape index (κ1) is 11.6. The van der Waals surface area contributed by atoms with Crippen LogP contribution < -0.4 is 0 Å². The molecule has 0 saturated carbocycles. The van der Waals surface area contributed by atoms with Crippen molar-refractivity contribution in [2.45, 2.75) is 26.7 Å². The Balaban J connectivity index is 2.86. The van der Waals surface area contributed by atoms with Gasteiger partial charge in [0.2, 0.25) is 0 Å². The average molecular weight is 208 g/mol. The van der Waals surface area contributed by atoms with Gasteiger partial charge < -0.3 is 9.84 Å². The Bertz CT molecular complexity index is 345. The third-order valence-corrected chi connectivity index (χ3v) is 2.13. The summed E-state index contributed by atoms with van der Waals surface area (Å²) in [5, 5.41) is 9.50. The summed E-state index contributed by atoms with van der Waals surface area (Å²) in [5.41, 5.74) is 1.26. The van der Waals surface area contributed by atoms with Crippen LogP contribution in [0.4, 0.5) is 0 Å². The first-order chi connectivity index (χ1) is 7.19. The maximum absolute atomic E-state index is 11.5. The molecule has 15 heavy (non-hydrogen) atoms. The van der Waals surface area contributed by atoms with Crippen LogP contribution in [0.25, 0.3) is 0 Å². The topological polar surface area (TPSA) is 46.5 Å². The summed E-state index contributed by atoms with van der Waals surface area (Å²) >= 11 is 0. The number of aromatic hydroxyl groups is 1. The molecule has 0 saturated heterocycles. The van der Waals surface area contributed by atoms with Crippen molar-refractivity contribution in [3.63, 3.8) is 0 Å². The molecule has 3 nitrogen and oxygen atoms in total. The molecule has 0 radical (unpaired) electrons. The van der Waals surface area contributed by atoms with Gasteiger partial charge in [-0.25, -0.2) is 4.79 Å². The fourth-order valence-electron chi connectivity index (χ4n) is 1.24. The number of benzene rings is 1. The highest BCUT2D eigenvalue weighted by Gasteiger charge is 2.12. The zero-order valence-electron chi connectivity index (χ0n) is 9.12. The highest BCUT2D eigenvalue weighted by atomic mass is 16.5. The molecule has 1 rings (SSSR count). The number of hydrogen-bond donors (Lipinski definition) is 1. The van der Waals surface area contributed by atoms with Crippen LogP contribution in [0.15, 0.2) is 18.2 Å². The Morgan fingerprint density at radius 2 is 2.13 bits per heavy atom. The number of rotatable bonds is 4. The van der Waals surface area contributed by atoms with Gasteiger partial charge in [0, 0.05) is 0 Å². The summed E-state index contributed by atoms with van der Waals surface area (Å²) in [6.45, 7) is 4.30. The molecule has 1 aromatic rings. The normalized spacial score (nSPS) is 10.0. The predicted octanol–water partition coefficient (Wildman–Crippen LogP) is 2.52. The fraction of sp³-hybridized carbons (Fsp3) is 0.417. The monoisotopic (exact) mass is 208 g/mol. The van der Waals surface area contributed by atoms with E-state index >= 15 is 0 Å². The van der Waals surface area contributed by atoms with Crippen molar-refractivity contribution >= 4 is 5.97 Å². The van der Waals surface area contributed by atoms with Gasteiger partial charge in [-0.2, -0.15) is 0 Å². The number of phenols is 1. The van der Waals surface area contributed by atoms with Crippen LogP contribution in [0.2, 0.25) is 0 Å². The molecular weight excluding hydrogens is 192 g/mol. The Hall–Kier alpha value is -1.51. The maximum atomic E-state index is 11.5. The van der Waals surface area contributed by atoms with Crippen molar-refractivity contribution in [2.75, 3.05) is 6.61 Å². The molecule has 1 N–H and O–H groups in total. The molecule has 0 atom stereocenters. The standard InChI is InChI=1S/C12H16O3/c1-3-7-15-12(14)10-8-9(4-2)5-6-11(10)13/h5-6,8,13H,3-4,7H2,1-2H3. The molecule has 0 aliphatic heterocycles. The summed E-state index contributed by atoms with van der Waals surface area (Å²) in [4.78, 5) is 11.5. The molecule has 82 valence electrons. The number of carbonyl (C=O) groups is 1. The summed E-state index contributed by atoms with van der Waals surface area (Å²) in [5.74, 6) is -0.474. The minimum absolute atomic E-state index is 0.0201. The minimum atomic E-state index is -0.454. The molecule has 0 unspecified atom stereocenters. The molecule has 0 aromatic heterocycles. The summed E-state index contributed by atoms with van der Waals surface area (Å²) in [6.07, 6.45) is 1.61. The highest BCUT2D eigenvalue weighted by molar-refractivity contribution is 5.92. The number of aryl methyl sites for hydroxylation is 1. The molecular formula is C12H16O3. The second-order valence-electron chi connectivity index (χ2n) is 3.34. The zero-order chi connectivity index (χ0) is 11.3. The van der Waals surface area contributed by atoms with Crippen molar-refractivity contribution in [3.8, 4) is 5.75 Å². The molecule has 0 spiro atoms. The SMILES string of the molecule is CCCOC(=O)c1cc(CC)ccc1O. The quantitative estimate of drug-likeness (QED) is 0.773. The molecule has 0 aliphatic rings. The lowest BCUT2D eigenvalue weighted by Crippen LogP contribution is -2.06. The van der Waals surface area contributed by atoms with Crippen LogP contribution in [0, 0.1) is 0 Å². The van der Waals surface area contributed by atoms with Gasteiger partial charge in [-0.05, 0) is 30.5 Å². The van der Waals surface area contributed by atoms with Crippen molar-refractivity contribution in [3.05, 3.63) is 29.3 Å². The van der Waals surface area contributed by atoms with E-state index < -0.39 is 5.97 Å². The van der Waals surface area contributed by atoms with E-state index in [9.17, 15) is 9.90 Å². The van der Waals surface area contributed by atoms with Gasteiger partial charge in [0.05, 0.1) is 6.61 Å². The number of hydrogen-bond acceptors (Lipinski definition) is 3. The first-order valence-electron chi connectivity index (χ1n) is 5.18. The third kappa shape index (κ3) is 2.98. The molecule has 0 heterocycles. The summed E-state index contributed by atoms with van der Waals surface area (Å²) < 4.78 is 4.96. The first-order valence-corrected chi connectivity index (χ1v) is 5.18. The lowest BCUT2D eigenvalue weighted by molar-refractivity contribution is 0.0501. The van der Waals surface area contributed by atoms with E-state index in [-0.39, 0.29) is 11.3 Å². The number of ether oxygens (including phenoxy) is 1. The van der Waals surface area contributed by atoms with E-state index in [1.54, 1.807) is 12.1 Å². The molecule has 1 aromatic carbocycles. The number of carbonyl (C=O) groups excluding carboxylic acids is 1. The van der Waals surface area contributed by atoms with E-state index in [0.29, 0.717) is 6.61 Å². The Labute approximate surface area is 89.7 Å². The zero-order valence-corrected chi connectivity index (χ0v) is 9.12. The van der Waals surface area contributed by atoms with Crippen LogP contribution in [0.1, 0.15) is 36.2 Å². The Morgan fingerprint density at radius 3 is 2.73 bits per heavy atom. The fourth-order valence-corrected chi connectivity index (χ4v) is 1.24. The van der Waals surface area contributed by atoms with Crippen molar-refractivity contribution in [1.82, 2.24) is 0 Å².